The average Bonchev–Trinajstić information content (AvgIpc) is 3.05. The number of nitrogens with zero attached hydrogens (tertiary/aromatic N) is 3. The fourth-order valence-electron chi connectivity index (χ4n) is 5.61. The molecule has 2 fully saturated rings. The van der Waals surface area contributed by atoms with Crippen LogP contribution in [0.4, 0.5) is 11.4 Å². The molecule has 6 heteroatoms. The first-order valence-corrected chi connectivity index (χ1v) is 12.3. The van der Waals surface area contributed by atoms with Crippen LogP contribution in [0, 0.1) is 0 Å². The normalized spacial score (nSPS) is 22.8. The number of piperidine rings is 1. The maximum Gasteiger partial charge on any atom is 0.261 e. The van der Waals surface area contributed by atoms with Crippen LogP contribution in [-0.2, 0) is 9.53 Å². The topological polar surface area (TPSA) is 48.1 Å². The van der Waals surface area contributed by atoms with Gasteiger partial charge in [0.1, 0.15) is 0 Å². The lowest BCUT2D eigenvalue weighted by Gasteiger charge is -2.38. The maximum absolute atomic E-state index is 13.9. The highest BCUT2D eigenvalue weighted by molar-refractivity contribution is 6.33. The lowest BCUT2D eigenvalue weighted by Crippen LogP contribution is -2.48. The Hall–Kier alpha value is -2.05. The van der Waals surface area contributed by atoms with Gasteiger partial charge in [0.2, 0.25) is 0 Å². The summed E-state index contributed by atoms with van der Waals surface area (Å²) in [7, 11) is 0. The molecule has 0 unspecified atom stereocenters. The molecule has 1 aromatic rings. The highest BCUT2D eigenvalue weighted by Crippen LogP contribution is 2.43. The van der Waals surface area contributed by atoms with Gasteiger partial charge in [-0.25, -0.2) is 0 Å². The second kappa shape index (κ2) is 9.44. The van der Waals surface area contributed by atoms with Crippen molar-refractivity contribution in [2.75, 3.05) is 42.6 Å². The zero-order chi connectivity index (χ0) is 23.0. The molecule has 2 saturated heterocycles. The number of ether oxygens (including phenoxy) is 1. The van der Waals surface area contributed by atoms with Crippen molar-refractivity contribution in [3.8, 4) is 0 Å². The van der Waals surface area contributed by atoms with Crippen LogP contribution < -0.4 is 15.1 Å². The van der Waals surface area contributed by atoms with E-state index in [1.54, 1.807) is 0 Å². The number of anilines is 2. The van der Waals surface area contributed by atoms with Gasteiger partial charge >= 0.3 is 0 Å². The van der Waals surface area contributed by atoms with Crippen molar-refractivity contribution in [3.63, 3.8) is 0 Å². The Morgan fingerprint density at radius 3 is 2.31 bits per heavy atom. The van der Waals surface area contributed by atoms with E-state index in [0.717, 1.165) is 55.0 Å². The number of nitrogens with one attached hydrogen (secondary N) is 1. The van der Waals surface area contributed by atoms with Crippen LogP contribution in [0.5, 0.6) is 0 Å². The maximum atomic E-state index is 13.9. The Balaban J connectivity index is 1.74. The monoisotopic (exact) mass is 440 g/mol. The lowest BCUT2D eigenvalue weighted by atomic mass is 10.0. The Bertz CT molecular complexity index is 853. The summed E-state index contributed by atoms with van der Waals surface area (Å²) in [4.78, 5) is 20.9. The largest absolute Gasteiger partial charge is 0.383 e. The third-order valence-electron chi connectivity index (χ3n) is 7.08. The number of likely N-dealkylation sites (tertiary alicyclic amines) is 1. The van der Waals surface area contributed by atoms with Gasteiger partial charge in [-0.05, 0) is 72.6 Å². The minimum absolute atomic E-state index is 0.133. The summed E-state index contributed by atoms with van der Waals surface area (Å²) in [6.45, 7) is 17.4. The fourth-order valence-corrected chi connectivity index (χ4v) is 5.61. The van der Waals surface area contributed by atoms with Crippen molar-refractivity contribution in [1.29, 1.82) is 0 Å². The average molecular weight is 441 g/mol. The van der Waals surface area contributed by atoms with Crippen LogP contribution in [0.15, 0.2) is 23.9 Å². The van der Waals surface area contributed by atoms with Crippen molar-refractivity contribution in [1.82, 2.24) is 10.2 Å². The van der Waals surface area contributed by atoms with E-state index in [2.05, 4.69) is 79.8 Å². The van der Waals surface area contributed by atoms with Gasteiger partial charge in [-0.15, -0.1) is 0 Å². The second-order valence-corrected chi connectivity index (χ2v) is 10.2. The molecular weight excluding hydrogens is 400 g/mol. The summed E-state index contributed by atoms with van der Waals surface area (Å²) < 4.78 is 5.72. The van der Waals surface area contributed by atoms with Gasteiger partial charge in [0, 0.05) is 55.1 Å². The Labute approximate surface area is 193 Å². The first kappa shape index (κ1) is 23.1. The molecule has 0 radical (unpaired) electrons. The number of rotatable bonds is 5. The molecule has 1 N–H and O–H groups in total. The SMILES string of the molecule is CC(C)N1CCC(N2C(=O)/C(=C3/COCCN3)c3cc(N(C(C)C)C(C)C)ccc32)CC1. The molecule has 0 spiro atoms. The Morgan fingerprint density at radius 1 is 1.06 bits per heavy atom. The van der Waals surface area contributed by atoms with E-state index in [9.17, 15) is 4.79 Å². The van der Waals surface area contributed by atoms with Gasteiger partial charge in [0.05, 0.1) is 30.2 Å². The summed E-state index contributed by atoms with van der Waals surface area (Å²) in [6.07, 6.45) is 2.03. The smallest absolute Gasteiger partial charge is 0.261 e. The highest BCUT2D eigenvalue weighted by Gasteiger charge is 2.40. The van der Waals surface area contributed by atoms with Gasteiger partial charge in [0.25, 0.3) is 5.91 Å². The van der Waals surface area contributed by atoms with Gasteiger partial charge in [-0.3, -0.25) is 4.79 Å². The van der Waals surface area contributed by atoms with E-state index in [4.69, 9.17) is 4.74 Å². The van der Waals surface area contributed by atoms with Gasteiger partial charge in [-0.1, -0.05) is 0 Å². The Kier molecular flexibility index (Phi) is 6.82. The van der Waals surface area contributed by atoms with E-state index >= 15 is 0 Å². The summed E-state index contributed by atoms with van der Waals surface area (Å²) in [5, 5.41) is 3.46. The molecule has 3 heterocycles. The first-order valence-electron chi connectivity index (χ1n) is 12.3. The minimum atomic E-state index is 0.133. The van der Waals surface area contributed by atoms with E-state index < -0.39 is 0 Å². The third kappa shape index (κ3) is 4.27. The molecule has 4 rings (SSSR count). The molecule has 3 aliphatic rings. The van der Waals surface area contributed by atoms with E-state index in [-0.39, 0.29) is 11.9 Å². The van der Waals surface area contributed by atoms with Crippen molar-refractivity contribution in [3.05, 3.63) is 29.5 Å². The molecule has 0 aliphatic carbocycles. The number of hydrogen-bond acceptors (Lipinski definition) is 5. The molecule has 0 saturated carbocycles. The number of fused-ring (bicyclic) bond motifs is 1. The number of carbonyl (C=O) groups excluding carboxylic acids is 1. The number of amides is 1. The van der Waals surface area contributed by atoms with Crippen LogP contribution in [0.25, 0.3) is 5.57 Å². The molecule has 0 aromatic heterocycles. The molecule has 32 heavy (non-hydrogen) atoms. The van der Waals surface area contributed by atoms with Crippen molar-refractivity contribution >= 4 is 22.9 Å². The molecule has 6 nitrogen and oxygen atoms in total. The quantitative estimate of drug-likeness (QED) is 0.705. The zero-order valence-corrected chi connectivity index (χ0v) is 20.6. The molecule has 0 atom stereocenters. The molecular formula is C26H40N4O2. The number of hydrogen-bond donors (Lipinski definition) is 1. The number of morpholine rings is 1. The predicted octanol–water partition coefficient (Wildman–Crippen LogP) is 3.86. The third-order valence-corrected chi connectivity index (χ3v) is 7.08. The standard InChI is InChI=1S/C26H40N4O2/c1-17(2)28-12-9-20(10-13-28)30-24-8-7-21(29(18(3)4)19(5)6)15-22(24)25(26(30)31)23-16-32-14-11-27-23/h7-8,15,17-20,27H,9-14,16H2,1-6H3/b25-23-. The minimum Gasteiger partial charge on any atom is -0.383 e. The van der Waals surface area contributed by atoms with Crippen LogP contribution >= 0.6 is 0 Å². The molecule has 176 valence electrons. The highest BCUT2D eigenvalue weighted by atomic mass is 16.5. The Morgan fingerprint density at radius 2 is 1.75 bits per heavy atom. The lowest BCUT2D eigenvalue weighted by molar-refractivity contribution is -0.113. The van der Waals surface area contributed by atoms with Crippen molar-refractivity contribution in [2.24, 2.45) is 0 Å². The van der Waals surface area contributed by atoms with Gasteiger partial charge in [-0.2, -0.15) is 0 Å². The van der Waals surface area contributed by atoms with Crippen LogP contribution in [0.2, 0.25) is 0 Å². The molecule has 1 aromatic carbocycles. The van der Waals surface area contributed by atoms with Gasteiger partial charge in [0.15, 0.2) is 0 Å². The predicted molar refractivity (Wildman–Crippen MR) is 132 cm³/mol. The summed E-state index contributed by atoms with van der Waals surface area (Å²) in [5.41, 5.74) is 5.03. The summed E-state index contributed by atoms with van der Waals surface area (Å²) >= 11 is 0. The molecule has 1 amide bonds. The van der Waals surface area contributed by atoms with Crippen molar-refractivity contribution in [2.45, 2.75) is 78.6 Å². The second-order valence-electron chi connectivity index (χ2n) is 10.2. The molecule has 0 bridgehead atoms. The fraction of sp³-hybridized carbons (Fsp3) is 0.654. The zero-order valence-electron chi connectivity index (χ0n) is 20.6. The van der Waals surface area contributed by atoms with E-state index in [1.165, 1.54) is 5.69 Å². The van der Waals surface area contributed by atoms with E-state index in [0.29, 0.717) is 31.3 Å². The number of benzene rings is 1. The summed E-state index contributed by atoms with van der Waals surface area (Å²) in [6, 6.07) is 8.17. The summed E-state index contributed by atoms with van der Waals surface area (Å²) in [5.74, 6) is 0.133. The van der Waals surface area contributed by atoms with Crippen LogP contribution in [0.1, 0.15) is 59.9 Å². The van der Waals surface area contributed by atoms with Crippen LogP contribution in [-0.4, -0.2) is 67.8 Å². The van der Waals surface area contributed by atoms with Crippen LogP contribution in [0.3, 0.4) is 0 Å². The molecule has 3 aliphatic heterocycles. The number of carbonyl (C=O) groups is 1. The van der Waals surface area contributed by atoms with Crippen molar-refractivity contribution < 1.29 is 9.53 Å². The van der Waals surface area contributed by atoms with Gasteiger partial charge < -0.3 is 24.8 Å². The first-order chi connectivity index (χ1) is 15.3. The van der Waals surface area contributed by atoms with E-state index in [1.807, 2.05) is 0 Å².